The number of halogens is 1. The topological polar surface area (TPSA) is 64.9 Å². The number of benzene rings is 2. The molecule has 134 valence electrons. The van der Waals surface area contributed by atoms with Crippen LogP contribution in [-0.2, 0) is 11.2 Å². The van der Waals surface area contributed by atoms with Crippen LogP contribution >= 0.6 is 0 Å². The minimum absolute atomic E-state index is 0.0305. The Morgan fingerprint density at radius 1 is 1.19 bits per heavy atom. The second-order valence-electron chi connectivity index (χ2n) is 6.16. The van der Waals surface area contributed by atoms with Crippen molar-refractivity contribution in [1.29, 1.82) is 5.26 Å². The highest BCUT2D eigenvalue weighted by atomic mass is 19.1. The van der Waals surface area contributed by atoms with Crippen LogP contribution in [0.3, 0.4) is 0 Å². The van der Waals surface area contributed by atoms with Gasteiger partial charge in [0, 0.05) is 18.4 Å². The van der Waals surface area contributed by atoms with E-state index in [1.165, 1.54) is 12.3 Å². The summed E-state index contributed by atoms with van der Waals surface area (Å²) in [6.07, 6.45) is 1.83. The first-order valence-electron chi connectivity index (χ1n) is 8.50. The van der Waals surface area contributed by atoms with Crippen molar-refractivity contribution in [3.05, 3.63) is 77.2 Å². The van der Waals surface area contributed by atoms with Crippen molar-refractivity contribution in [2.45, 2.75) is 26.2 Å². The molecule has 26 heavy (non-hydrogen) atoms. The predicted molar refractivity (Wildman–Crippen MR) is 101 cm³/mol. The number of carbonyl (C=O) groups is 1. The van der Waals surface area contributed by atoms with Crippen LogP contribution in [0.2, 0.25) is 0 Å². The summed E-state index contributed by atoms with van der Waals surface area (Å²) in [5.74, 6) is -0.485. The number of hydrogen-bond donors (Lipinski definition) is 2. The van der Waals surface area contributed by atoms with Gasteiger partial charge in [-0.25, -0.2) is 4.39 Å². The molecular formula is C21H22FN3O. The third-order valence-corrected chi connectivity index (χ3v) is 3.94. The highest BCUT2D eigenvalue weighted by molar-refractivity contribution is 6.06. The van der Waals surface area contributed by atoms with Crippen LogP contribution in [0.25, 0.3) is 0 Å². The molecule has 4 nitrogen and oxygen atoms in total. The number of nitriles is 1. The van der Waals surface area contributed by atoms with Crippen LogP contribution in [0, 0.1) is 17.1 Å². The number of nitrogens with one attached hydrogen (secondary N) is 2. The standard InChI is InChI=1S/C21H22FN3O/c1-15(2)18-8-4-6-10-20(18)25-21(26)17(13-23)14-24-12-11-16-7-3-5-9-19(16)22/h3-10,14-15,24H,11-12H2,1-2H3,(H,25,26)/b17-14-. The van der Waals surface area contributed by atoms with Gasteiger partial charge in [0.2, 0.25) is 0 Å². The van der Waals surface area contributed by atoms with Crippen LogP contribution in [0.15, 0.2) is 60.3 Å². The molecule has 0 saturated carbocycles. The highest BCUT2D eigenvalue weighted by Gasteiger charge is 2.12. The summed E-state index contributed by atoms with van der Waals surface area (Å²) in [4.78, 5) is 12.3. The number of carbonyl (C=O) groups excluding carboxylic acids is 1. The summed E-state index contributed by atoms with van der Waals surface area (Å²) in [5.41, 5.74) is 2.25. The minimum Gasteiger partial charge on any atom is -0.389 e. The molecule has 0 aliphatic carbocycles. The van der Waals surface area contributed by atoms with E-state index in [4.69, 9.17) is 0 Å². The fourth-order valence-corrected chi connectivity index (χ4v) is 2.53. The number of hydrogen-bond acceptors (Lipinski definition) is 3. The lowest BCUT2D eigenvalue weighted by Crippen LogP contribution is -2.19. The first kappa shape index (κ1) is 19.2. The average Bonchev–Trinajstić information content (AvgIpc) is 2.63. The van der Waals surface area contributed by atoms with E-state index in [1.54, 1.807) is 18.2 Å². The van der Waals surface area contributed by atoms with E-state index in [0.29, 0.717) is 24.2 Å². The van der Waals surface area contributed by atoms with Gasteiger partial charge in [0.25, 0.3) is 5.91 Å². The molecule has 0 fully saturated rings. The monoisotopic (exact) mass is 351 g/mol. The van der Waals surface area contributed by atoms with Crippen LogP contribution in [0.4, 0.5) is 10.1 Å². The summed E-state index contributed by atoms with van der Waals surface area (Å²) in [6, 6.07) is 15.9. The molecule has 2 aromatic rings. The quantitative estimate of drug-likeness (QED) is 0.448. The van der Waals surface area contributed by atoms with E-state index < -0.39 is 5.91 Å². The van der Waals surface area contributed by atoms with Gasteiger partial charge in [0.15, 0.2) is 0 Å². The summed E-state index contributed by atoms with van der Waals surface area (Å²) < 4.78 is 13.6. The Balaban J connectivity index is 1.97. The molecule has 2 N–H and O–H groups in total. The molecule has 0 aromatic heterocycles. The van der Waals surface area contributed by atoms with Crippen molar-refractivity contribution in [2.75, 3.05) is 11.9 Å². The van der Waals surface area contributed by atoms with Crippen LogP contribution in [-0.4, -0.2) is 12.5 Å². The van der Waals surface area contributed by atoms with E-state index in [2.05, 4.69) is 10.6 Å². The Bertz CT molecular complexity index is 837. The molecule has 0 saturated heterocycles. The Kier molecular flexibility index (Phi) is 6.92. The van der Waals surface area contributed by atoms with Crippen LogP contribution in [0.1, 0.15) is 30.9 Å². The fraction of sp³-hybridized carbons (Fsp3) is 0.238. The maximum Gasteiger partial charge on any atom is 0.267 e. The van der Waals surface area contributed by atoms with Gasteiger partial charge in [-0.2, -0.15) is 5.26 Å². The first-order chi connectivity index (χ1) is 12.5. The van der Waals surface area contributed by atoms with Gasteiger partial charge >= 0.3 is 0 Å². The Morgan fingerprint density at radius 3 is 2.58 bits per heavy atom. The molecule has 0 bridgehead atoms. The third-order valence-electron chi connectivity index (χ3n) is 3.94. The number of anilines is 1. The molecule has 0 heterocycles. The van der Waals surface area contributed by atoms with Crippen molar-refractivity contribution in [2.24, 2.45) is 0 Å². The zero-order chi connectivity index (χ0) is 18.9. The Morgan fingerprint density at radius 2 is 1.88 bits per heavy atom. The average molecular weight is 351 g/mol. The van der Waals surface area contributed by atoms with E-state index in [1.807, 2.05) is 44.2 Å². The molecule has 1 amide bonds. The number of amides is 1. The van der Waals surface area contributed by atoms with Crippen molar-refractivity contribution < 1.29 is 9.18 Å². The molecule has 0 atom stereocenters. The third kappa shape index (κ3) is 5.18. The maximum atomic E-state index is 13.6. The van der Waals surface area contributed by atoms with Gasteiger partial charge in [-0.1, -0.05) is 50.2 Å². The lowest BCUT2D eigenvalue weighted by atomic mass is 10.0. The van der Waals surface area contributed by atoms with E-state index >= 15 is 0 Å². The van der Waals surface area contributed by atoms with Crippen molar-refractivity contribution in [3.63, 3.8) is 0 Å². The number of nitrogens with zero attached hydrogens (tertiary/aromatic N) is 1. The zero-order valence-electron chi connectivity index (χ0n) is 14.9. The molecule has 0 aliphatic heterocycles. The van der Waals surface area contributed by atoms with Gasteiger partial charge in [-0.15, -0.1) is 0 Å². The van der Waals surface area contributed by atoms with Gasteiger partial charge in [-0.05, 0) is 35.6 Å². The summed E-state index contributed by atoms with van der Waals surface area (Å²) in [6.45, 7) is 4.49. The van der Waals surface area contributed by atoms with Crippen molar-refractivity contribution in [1.82, 2.24) is 5.32 Å². The fourth-order valence-electron chi connectivity index (χ4n) is 2.53. The summed E-state index contributed by atoms with van der Waals surface area (Å²) in [5, 5.41) is 14.9. The second-order valence-corrected chi connectivity index (χ2v) is 6.16. The van der Waals surface area contributed by atoms with Crippen molar-refractivity contribution in [3.8, 4) is 6.07 Å². The van der Waals surface area contributed by atoms with Gasteiger partial charge in [0.05, 0.1) is 0 Å². The van der Waals surface area contributed by atoms with Crippen molar-refractivity contribution >= 4 is 11.6 Å². The lowest BCUT2D eigenvalue weighted by Gasteiger charge is -2.13. The second kappa shape index (κ2) is 9.38. The highest BCUT2D eigenvalue weighted by Crippen LogP contribution is 2.23. The minimum atomic E-state index is -0.473. The Labute approximate surface area is 153 Å². The molecule has 0 unspecified atom stereocenters. The largest absolute Gasteiger partial charge is 0.389 e. The van der Waals surface area contributed by atoms with Gasteiger partial charge in [-0.3, -0.25) is 4.79 Å². The molecule has 2 aromatic carbocycles. The lowest BCUT2D eigenvalue weighted by molar-refractivity contribution is -0.112. The molecule has 0 aliphatic rings. The smallest absolute Gasteiger partial charge is 0.267 e. The zero-order valence-corrected chi connectivity index (χ0v) is 14.9. The van der Waals surface area contributed by atoms with E-state index in [0.717, 1.165) is 5.56 Å². The molecule has 0 radical (unpaired) electrons. The van der Waals surface area contributed by atoms with E-state index in [-0.39, 0.29) is 17.3 Å². The molecular weight excluding hydrogens is 329 g/mol. The van der Waals surface area contributed by atoms with Crippen LogP contribution in [0.5, 0.6) is 0 Å². The summed E-state index contributed by atoms with van der Waals surface area (Å²) >= 11 is 0. The van der Waals surface area contributed by atoms with Gasteiger partial charge in [0.1, 0.15) is 17.5 Å². The van der Waals surface area contributed by atoms with E-state index in [9.17, 15) is 14.4 Å². The van der Waals surface area contributed by atoms with Crippen LogP contribution < -0.4 is 10.6 Å². The normalized spacial score (nSPS) is 11.1. The molecule has 0 spiro atoms. The predicted octanol–water partition coefficient (Wildman–Crippen LogP) is 4.13. The Hall–Kier alpha value is -3.13. The molecule has 5 heteroatoms. The number of para-hydroxylation sites is 1. The summed E-state index contributed by atoms with van der Waals surface area (Å²) in [7, 11) is 0. The first-order valence-corrected chi connectivity index (χ1v) is 8.50. The number of rotatable bonds is 7. The van der Waals surface area contributed by atoms with Gasteiger partial charge < -0.3 is 10.6 Å². The maximum absolute atomic E-state index is 13.6. The SMILES string of the molecule is CC(C)c1ccccc1NC(=O)/C(C#N)=C\NCCc1ccccc1F. The molecule has 2 rings (SSSR count).